The molecule has 2 aromatic carbocycles. The van der Waals surface area contributed by atoms with E-state index in [1.165, 1.54) is 0 Å². The van der Waals surface area contributed by atoms with Crippen molar-refractivity contribution in [2.45, 2.75) is 26.3 Å². The monoisotopic (exact) mass is 356 g/mol. The molecule has 0 saturated heterocycles. The van der Waals surface area contributed by atoms with Gasteiger partial charge in [-0.15, -0.1) is 0 Å². The van der Waals surface area contributed by atoms with Gasteiger partial charge in [0.05, 0.1) is 12.6 Å². The number of carboxylic acids is 1. The fourth-order valence-electron chi connectivity index (χ4n) is 2.51. The zero-order chi connectivity index (χ0) is 18.9. The molecular weight excluding hydrogens is 332 g/mol. The van der Waals surface area contributed by atoms with E-state index in [1.807, 2.05) is 37.3 Å². The largest absolute Gasteiger partial charge is 0.480 e. The Labute approximate surface area is 153 Å². The highest BCUT2D eigenvalue weighted by Gasteiger charge is 2.22. The first-order valence-corrected chi connectivity index (χ1v) is 8.59. The lowest BCUT2D eigenvalue weighted by Gasteiger charge is -2.26. The third kappa shape index (κ3) is 5.89. The zero-order valence-corrected chi connectivity index (χ0v) is 15.0. The van der Waals surface area contributed by atoms with Crippen LogP contribution in [0.3, 0.4) is 0 Å². The fourth-order valence-corrected chi connectivity index (χ4v) is 2.51. The van der Waals surface area contributed by atoms with Crippen molar-refractivity contribution in [2.24, 2.45) is 0 Å². The molecule has 0 radical (unpaired) electrons. The first-order chi connectivity index (χ1) is 12.5. The summed E-state index contributed by atoms with van der Waals surface area (Å²) in [6.45, 7) is 4.04. The van der Waals surface area contributed by atoms with Crippen LogP contribution in [0, 0.1) is 0 Å². The number of carbonyl (C=O) groups is 2. The first kappa shape index (κ1) is 19.5. The molecule has 138 valence electrons. The Kier molecular flexibility index (Phi) is 7.17. The molecule has 1 amide bonds. The summed E-state index contributed by atoms with van der Waals surface area (Å²) in [6.07, 6.45) is 0.774. The van der Waals surface area contributed by atoms with Crippen LogP contribution in [0.2, 0.25) is 0 Å². The molecule has 2 rings (SSSR count). The summed E-state index contributed by atoms with van der Waals surface area (Å²) in [4.78, 5) is 25.0. The highest BCUT2D eigenvalue weighted by Crippen LogP contribution is 2.22. The van der Waals surface area contributed by atoms with Crippen molar-refractivity contribution < 1.29 is 19.4 Å². The number of para-hydroxylation sites is 1. The molecule has 6 nitrogen and oxygen atoms in total. The molecular formula is C20H24N2O4. The lowest BCUT2D eigenvalue weighted by Crippen LogP contribution is -2.44. The van der Waals surface area contributed by atoms with E-state index in [2.05, 4.69) is 5.32 Å². The van der Waals surface area contributed by atoms with Crippen LogP contribution in [-0.4, -0.2) is 41.0 Å². The van der Waals surface area contributed by atoms with Gasteiger partial charge >= 0.3 is 5.97 Å². The van der Waals surface area contributed by atoms with Gasteiger partial charge in [0.25, 0.3) is 0 Å². The van der Waals surface area contributed by atoms with Gasteiger partial charge in [-0.2, -0.15) is 0 Å². The number of nitrogens with zero attached hydrogens (tertiary/aromatic N) is 1. The zero-order valence-electron chi connectivity index (χ0n) is 15.0. The maximum atomic E-state index is 12.4. The van der Waals surface area contributed by atoms with Crippen molar-refractivity contribution in [1.29, 1.82) is 0 Å². The molecule has 1 atom stereocenters. The number of ether oxygens (including phenoxy) is 1. The van der Waals surface area contributed by atoms with Gasteiger partial charge in [0.15, 0.2) is 0 Å². The molecule has 2 aromatic rings. The summed E-state index contributed by atoms with van der Waals surface area (Å²) < 4.78 is 5.71. The van der Waals surface area contributed by atoms with Crippen molar-refractivity contribution in [2.75, 3.05) is 18.4 Å². The van der Waals surface area contributed by atoms with Crippen molar-refractivity contribution in [1.82, 2.24) is 4.90 Å². The fraction of sp³-hybridized carbons (Fsp3) is 0.300. The number of amides is 1. The predicted octanol–water partition coefficient (Wildman–Crippen LogP) is 3.60. The Balaban J connectivity index is 1.96. The molecule has 0 aliphatic carbocycles. The van der Waals surface area contributed by atoms with Crippen molar-refractivity contribution in [3.05, 3.63) is 54.6 Å². The number of carbonyl (C=O) groups excluding carboxylic acids is 1. The second kappa shape index (κ2) is 9.58. The van der Waals surface area contributed by atoms with E-state index in [-0.39, 0.29) is 12.5 Å². The summed E-state index contributed by atoms with van der Waals surface area (Å²) in [7, 11) is 0. The Morgan fingerprint density at radius 2 is 1.69 bits per heavy atom. The number of hydrogen-bond acceptors (Lipinski definition) is 4. The van der Waals surface area contributed by atoms with Gasteiger partial charge in [-0.1, -0.05) is 25.1 Å². The first-order valence-electron chi connectivity index (χ1n) is 8.59. The van der Waals surface area contributed by atoms with Gasteiger partial charge in [-0.3, -0.25) is 14.5 Å². The van der Waals surface area contributed by atoms with Crippen molar-refractivity contribution >= 4 is 17.6 Å². The molecule has 6 heteroatoms. The number of benzene rings is 2. The normalized spacial score (nSPS) is 11.8. The summed E-state index contributed by atoms with van der Waals surface area (Å²) >= 11 is 0. The van der Waals surface area contributed by atoms with Gasteiger partial charge < -0.3 is 15.2 Å². The highest BCUT2D eigenvalue weighted by atomic mass is 16.5. The van der Waals surface area contributed by atoms with Crippen LogP contribution in [0.25, 0.3) is 0 Å². The topological polar surface area (TPSA) is 78.9 Å². The third-order valence-electron chi connectivity index (χ3n) is 3.88. The maximum Gasteiger partial charge on any atom is 0.317 e. The molecule has 0 fully saturated rings. The second-order valence-electron chi connectivity index (χ2n) is 5.97. The van der Waals surface area contributed by atoms with E-state index in [1.54, 1.807) is 36.1 Å². The number of carboxylic acid groups (broad SMARTS) is 1. The molecule has 0 aromatic heterocycles. The molecule has 2 N–H and O–H groups in total. The summed E-state index contributed by atoms with van der Waals surface area (Å²) in [5.74, 6) is 0.222. The van der Waals surface area contributed by atoms with Crippen LogP contribution < -0.4 is 10.1 Å². The van der Waals surface area contributed by atoms with E-state index >= 15 is 0 Å². The number of nitrogens with one attached hydrogen (secondary N) is 1. The van der Waals surface area contributed by atoms with Gasteiger partial charge in [-0.25, -0.2) is 0 Å². The van der Waals surface area contributed by atoms with Crippen LogP contribution in [0.4, 0.5) is 5.69 Å². The van der Waals surface area contributed by atoms with Gasteiger partial charge in [0.1, 0.15) is 11.5 Å². The Morgan fingerprint density at radius 1 is 1.08 bits per heavy atom. The quantitative estimate of drug-likeness (QED) is 0.718. The van der Waals surface area contributed by atoms with Crippen molar-refractivity contribution in [3.8, 4) is 11.5 Å². The van der Waals surface area contributed by atoms with E-state index in [4.69, 9.17) is 9.84 Å². The summed E-state index contributed by atoms with van der Waals surface area (Å²) in [5.41, 5.74) is 0.633. The minimum absolute atomic E-state index is 0.160. The number of hydrogen-bond donors (Lipinski definition) is 2. The average molecular weight is 356 g/mol. The summed E-state index contributed by atoms with van der Waals surface area (Å²) in [5, 5.41) is 11.8. The second-order valence-corrected chi connectivity index (χ2v) is 5.97. The molecule has 0 aliphatic heterocycles. The standard InChI is InChI=1S/C20H24N2O4/c1-3-13-22(14-19(23)24)15(2)20(25)21-16-9-11-18(12-10-16)26-17-7-5-4-6-8-17/h4-12,15H,3,13-14H2,1-2H3,(H,21,25)(H,23,24). The number of rotatable bonds is 9. The smallest absolute Gasteiger partial charge is 0.317 e. The van der Waals surface area contributed by atoms with Crippen LogP contribution in [0.15, 0.2) is 54.6 Å². The molecule has 0 heterocycles. The van der Waals surface area contributed by atoms with Crippen LogP contribution in [0.1, 0.15) is 20.3 Å². The Bertz CT molecular complexity index is 716. The molecule has 0 aliphatic rings. The van der Waals surface area contributed by atoms with Gasteiger partial charge in [0, 0.05) is 5.69 Å². The minimum Gasteiger partial charge on any atom is -0.480 e. The predicted molar refractivity (Wildman–Crippen MR) is 101 cm³/mol. The SMILES string of the molecule is CCCN(CC(=O)O)C(C)C(=O)Nc1ccc(Oc2ccccc2)cc1. The van der Waals surface area contributed by atoms with Crippen LogP contribution in [-0.2, 0) is 9.59 Å². The number of anilines is 1. The summed E-state index contributed by atoms with van der Waals surface area (Å²) in [6, 6.07) is 15.9. The van der Waals surface area contributed by atoms with E-state index < -0.39 is 12.0 Å². The molecule has 1 unspecified atom stereocenters. The molecule has 26 heavy (non-hydrogen) atoms. The number of aliphatic carboxylic acids is 1. The molecule has 0 saturated carbocycles. The third-order valence-corrected chi connectivity index (χ3v) is 3.88. The highest BCUT2D eigenvalue weighted by molar-refractivity contribution is 5.94. The average Bonchev–Trinajstić information content (AvgIpc) is 2.63. The van der Waals surface area contributed by atoms with Crippen LogP contribution in [0.5, 0.6) is 11.5 Å². The molecule has 0 bridgehead atoms. The maximum absolute atomic E-state index is 12.4. The minimum atomic E-state index is -0.944. The van der Waals surface area contributed by atoms with Gasteiger partial charge in [0.2, 0.25) is 5.91 Å². The lowest BCUT2D eigenvalue weighted by molar-refractivity contribution is -0.139. The molecule has 0 spiro atoms. The van der Waals surface area contributed by atoms with E-state index in [0.29, 0.717) is 18.0 Å². The van der Waals surface area contributed by atoms with Gasteiger partial charge in [-0.05, 0) is 56.3 Å². The lowest BCUT2D eigenvalue weighted by atomic mass is 10.2. The van der Waals surface area contributed by atoms with Crippen LogP contribution >= 0.6 is 0 Å². The van der Waals surface area contributed by atoms with Crippen molar-refractivity contribution in [3.63, 3.8) is 0 Å². The van der Waals surface area contributed by atoms with E-state index in [9.17, 15) is 9.59 Å². The van der Waals surface area contributed by atoms with E-state index in [0.717, 1.165) is 12.2 Å². The Morgan fingerprint density at radius 3 is 2.27 bits per heavy atom. The Hall–Kier alpha value is -2.86.